The van der Waals surface area contributed by atoms with Crippen LogP contribution in [0.3, 0.4) is 0 Å². The molecule has 122 valence electrons. The van der Waals surface area contributed by atoms with Crippen LogP contribution >= 0.6 is 22.9 Å². The molecule has 2 aromatic carbocycles. The van der Waals surface area contributed by atoms with Crippen molar-refractivity contribution in [1.29, 1.82) is 0 Å². The average molecular weight is 359 g/mol. The molecular formula is C18H15ClN2O2S. The van der Waals surface area contributed by atoms with Gasteiger partial charge in [-0.3, -0.25) is 4.79 Å². The summed E-state index contributed by atoms with van der Waals surface area (Å²) >= 11 is 7.60. The molecule has 3 rings (SSSR count). The highest BCUT2D eigenvalue weighted by molar-refractivity contribution is 7.15. The molecule has 0 aliphatic carbocycles. The first-order valence-electron chi connectivity index (χ1n) is 7.36. The summed E-state index contributed by atoms with van der Waals surface area (Å²) in [5.41, 5.74) is 1.86. The fourth-order valence-electron chi connectivity index (χ4n) is 2.24. The minimum atomic E-state index is -0.140. The maximum Gasteiger partial charge on any atom is 0.230 e. The van der Waals surface area contributed by atoms with Crippen molar-refractivity contribution in [3.05, 3.63) is 75.8 Å². The van der Waals surface area contributed by atoms with Crippen LogP contribution in [0.4, 0.5) is 5.13 Å². The number of aromatic hydroxyl groups is 1. The van der Waals surface area contributed by atoms with Crippen molar-refractivity contribution >= 4 is 34.0 Å². The first-order valence-corrected chi connectivity index (χ1v) is 8.55. The second kappa shape index (κ2) is 7.47. The molecule has 0 fully saturated rings. The maximum absolute atomic E-state index is 12.1. The molecule has 0 radical (unpaired) electrons. The quantitative estimate of drug-likeness (QED) is 0.715. The molecule has 24 heavy (non-hydrogen) atoms. The predicted molar refractivity (Wildman–Crippen MR) is 96.8 cm³/mol. The van der Waals surface area contributed by atoms with Gasteiger partial charge in [0.1, 0.15) is 5.75 Å². The summed E-state index contributed by atoms with van der Waals surface area (Å²) in [6.07, 6.45) is 2.68. The van der Waals surface area contributed by atoms with Gasteiger partial charge in [0.25, 0.3) is 0 Å². The summed E-state index contributed by atoms with van der Waals surface area (Å²) in [6, 6.07) is 14.3. The van der Waals surface area contributed by atoms with Gasteiger partial charge in [0.05, 0.1) is 6.42 Å². The standard InChI is InChI=1S/C18H15ClN2O2S/c19-16-4-2-1-3-13(16)10-15-11-20-18(24-15)21-17(23)9-12-5-7-14(22)8-6-12/h1-8,11,22H,9-10H2,(H,20,21,23). The van der Waals surface area contributed by atoms with Gasteiger partial charge < -0.3 is 10.4 Å². The number of thiazole rings is 1. The summed E-state index contributed by atoms with van der Waals surface area (Å²) in [5.74, 6) is 0.0441. The Morgan fingerprint density at radius 3 is 2.67 bits per heavy atom. The van der Waals surface area contributed by atoms with Crippen molar-refractivity contribution in [3.8, 4) is 5.75 Å². The Balaban J connectivity index is 1.60. The Morgan fingerprint density at radius 2 is 1.92 bits per heavy atom. The van der Waals surface area contributed by atoms with Crippen LogP contribution in [0.2, 0.25) is 5.02 Å². The van der Waals surface area contributed by atoms with Gasteiger partial charge in [0.15, 0.2) is 5.13 Å². The Kier molecular flexibility index (Phi) is 5.13. The lowest BCUT2D eigenvalue weighted by Gasteiger charge is -2.02. The number of phenolic OH excluding ortho intramolecular Hbond substituents is 1. The van der Waals surface area contributed by atoms with Crippen LogP contribution in [0.15, 0.2) is 54.7 Å². The lowest BCUT2D eigenvalue weighted by atomic mass is 10.1. The van der Waals surface area contributed by atoms with Crippen LogP contribution in [0.25, 0.3) is 0 Å². The number of nitrogens with one attached hydrogen (secondary N) is 1. The zero-order chi connectivity index (χ0) is 16.9. The summed E-state index contributed by atoms with van der Waals surface area (Å²) in [7, 11) is 0. The molecule has 3 aromatic rings. The number of benzene rings is 2. The van der Waals surface area contributed by atoms with Gasteiger partial charge in [-0.2, -0.15) is 0 Å². The lowest BCUT2D eigenvalue weighted by molar-refractivity contribution is -0.115. The SMILES string of the molecule is O=C(Cc1ccc(O)cc1)Nc1ncc(Cc2ccccc2Cl)s1. The lowest BCUT2D eigenvalue weighted by Crippen LogP contribution is -2.13. The van der Waals surface area contributed by atoms with E-state index in [4.69, 9.17) is 11.6 Å². The number of halogens is 1. The highest BCUT2D eigenvalue weighted by atomic mass is 35.5. The monoisotopic (exact) mass is 358 g/mol. The fraction of sp³-hybridized carbons (Fsp3) is 0.111. The zero-order valence-corrected chi connectivity index (χ0v) is 14.3. The average Bonchev–Trinajstić information content (AvgIpc) is 2.99. The molecular weight excluding hydrogens is 344 g/mol. The highest BCUT2D eigenvalue weighted by Crippen LogP contribution is 2.24. The van der Waals surface area contributed by atoms with Gasteiger partial charge >= 0.3 is 0 Å². The van der Waals surface area contributed by atoms with Crippen LogP contribution in [-0.4, -0.2) is 16.0 Å². The van der Waals surface area contributed by atoms with Crippen molar-refractivity contribution in [1.82, 2.24) is 4.98 Å². The number of carbonyl (C=O) groups excluding carboxylic acids is 1. The largest absolute Gasteiger partial charge is 0.508 e. The van der Waals surface area contributed by atoms with Crippen LogP contribution in [0.1, 0.15) is 16.0 Å². The molecule has 0 saturated heterocycles. The number of carbonyl (C=O) groups is 1. The zero-order valence-electron chi connectivity index (χ0n) is 12.7. The van der Waals surface area contributed by atoms with E-state index in [0.29, 0.717) is 11.6 Å². The third-order valence-corrected chi connectivity index (χ3v) is 4.70. The molecule has 6 heteroatoms. The first-order chi connectivity index (χ1) is 11.6. The molecule has 0 aliphatic rings. The van der Waals surface area contributed by atoms with Crippen LogP contribution < -0.4 is 5.32 Å². The van der Waals surface area contributed by atoms with Gasteiger partial charge in [-0.1, -0.05) is 41.9 Å². The molecule has 0 bridgehead atoms. The Morgan fingerprint density at radius 1 is 1.17 bits per heavy atom. The Labute approximate surface area is 148 Å². The third-order valence-electron chi connectivity index (χ3n) is 3.42. The number of amides is 1. The first kappa shape index (κ1) is 16.5. The smallest absolute Gasteiger partial charge is 0.230 e. The van der Waals surface area contributed by atoms with Gasteiger partial charge in [0.2, 0.25) is 5.91 Å². The van der Waals surface area contributed by atoms with Crippen LogP contribution in [-0.2, 0) is 17.6 Å². The number of hydrogen-bond acceptors (Lipinski definition) is 4. The number of phenols is 1. The van der Waals surface area contributed by atoms with Gasteiger partial charge in [-0.25, -0.2) is 4.98 Å². The van der Waals surface area contributed by atoms with Crippen molar-refractivity contribution in [2.45, 2.75) is 12.8 Å². The van der Waals surface area contributed by atoms with E-state index in [0.717, 1.165) is 21.0 Å². The predicted octanol–water partition coefficient (Wildman–Crippen LogP) is 4.27. The molecule has 1 amide bonds. The highest BCUT2D eigenvalue weighted by Gasteiger charge is 2.09. The van der Waals surface area contributed by atoms with E-state index < -0.39 is 0 Å². The molecule has 0 aliphatic heterocycles. The van der Waals surface area contributed by atoms with E-state index in [9.17, 15) is 9.90 Å². The summed E-state index contributed by atoms with van der Waals surface area (Å²) in [5, 5.41) is 13.3. The molecule has 2 N–H and O–H groups in total. The van der Waals surface area contributed by atoms with E-state index in [2.05, 4.69) is 10.3 Å². The van der Waals surface area contributed by atoms with E-state index in [-0.39, 0.29) is 18.1 Å². The van der Waals surface area contributed by atoms with E-state index in [1.807, 2.05) is 24.3 Å². The molecule has 1 aromatic heterocycles. The van der Waals surface area contributed by atoms with E-state index in [1.165, 1.54) is 11.3 Å². The minimum Gasteiger partial charge on any atom is -0.508 e. The number of aromatic nitrogens is 1. The summed E-state index contributed by atoms with van der Waals surface area (Å²) < 4.78 is 0. The fourth-order valence-corrected chi connectivity index (χ4v) is 3.29. The van der Waals surface area contributed by atoms with Gasteiger partial charge in [-0.05, 0) is 29.3 Å². The van der Waals surface area contributed by atoms with E-state index in [1.54, 1.807) is 30.5 Å². The molecule has 0 saturated carbocycles. The third kappa shape index (κ3) is 4.34. The van der Waals surface area contributed by atoms with Gasteiger partial charge in [0, 0.05) is 22.5 Å². The second-order valence-electron chi connectivity index (χ2n) is 5.29. The summed E-state index contributed by atoms with van der Waals surface area (Å²) in [6.45, 7) is 0. The molecule has 1 heterocycles. The number of nitrogens with zero attached hydrogens (tertiary/aromatic N) is 1. The normalized spacial score (nSPS) is 10.5. The molecule has 0 spiro atoms. The van der Waals surface area contributed by atoms with Crippen LogP contribution in [0.5, 0.6) is 5.75 Å². The molecule has 4 nitrogen and oxygen atoms in total. The summed E-state index contributed by atoms with van der Waals surface area (Å²) in [4.78, 5) is 17.3. The van der Waals surface area contributed by atoms with Crippen molar-refractivity contribution in [3.63, 3.8) is 0 Å². The van der Waals surface area contributed by atoms with E-state index >= 15 is 0 Å². The Bertz CT molecular complexity index is 846. The Hall–Kier alpha value is -2.37. The number of anilines is 1. The van der Waals surface area contributed by atoms with Crippen molar-refractivity contribution in [2.75, 3.05) is 5.32 Å². The van der Waals surface area contributed by atoms with Gasteiger partial charge in [-0.15, -0.1) is 11.3 Å². The second-order valence-corrected chi connectivity index (χ2v) is 6.81. The topological polar surface area (TPSA) is 62.2 Å². The minimum absolute atomic E-state index is 0.140. The van der Waals surface area contributed by atoms with Crippen molar-refractivity contribution < 1.29 is 9.90 Å². The van der Waals surface area contributed by atoms with Crippen molar-refractivity contribution in [2.24, 2.45) is 0 Å². The maximum atomic E-state index is 12.1. The van der Waals surface area contributed by atoms with Crippen LogP contribution in [0, 0.1) is 0 Å². The number of hydrogen-bond donors (Lipinski definition) is 2. The number of rotatable bonds is 5. The molecule has 0 unspecified atom stereocenters. The molecule has 0 atom stereocenters.